The lowest BCUT2D eigenvalue weighted by molar-refractivity contribution is 0.0526. The van der Waals surface area contributed by atoms with Crippen LogP contribution < -0.4 is 5.32 Å². The number of benzene rings is 2. The first-order chi connectivity index (χ1) is 13.6. The average Bonchev–Trinajstić information content (AvgIpc) is 2.73. The van der Waals surface area contributed by atoms with Gasteiger partial charge >= 0.3 is 11.9 Å². The Bertz CT molecular complexity index is 986. The maximum atomic E-state index is 12.4. The van der Waals surface area contributed by atoms with Crippen molar-refractivity contribution in [3.05, 3.63) is 71.4 Å². The van der Waals surface area contributed by atoms with Crippen molar-refractivity contribution in [3.8, 4) is 0 Å². The van der Waals surface area contributed by atoms with Crippen LogP contribution in [0.2, 0.25) is 0 Å². The van der Waals surface area contributed by atoms with Gasteiger partial charge in [-0.1, -0.05) is 30.3 Å². The highest BCUT2D eigenvalue weighted by molar-refractivity contribution is 6.06. The van der Waals surface area contributed by atoms with Gasteiger partial charge in [0, 0.05) is 18.1 Å². The fraction of sp³-hybridized carbons (Fsp3) is 0.227. The first kappa shape index (κ1) is 19.4. The molecule has 144 valence electrons. The summed E-state index contributed by atoms with van der Waals surface area (Å²) in [7, 11) is 1.33. The fourth-order valence-corrected chi connectivity index (χ4v) is 2.97. The molecule has 3 rings (SSSR count). The molecule has 0 aliphatic carbocycles. The lowest BCUT2D eigenvalue weighted by atomic mass is 10.1. The number of carbonyl (C=O) groups excluding carboxylic acids is 2. The molecular formula is C22H22N2O4. The van der Waals surface area contributed by atoms with Crippen LogP contribution in [0.4, 0.5) is 5.69 Å². The third-order valence-corrected chi connectivity index (χ3v) is 4.34. The number of nitrogens with zero attached hydrogens (tertiary/aromatic N) is 1. The van der Waals surface area contributed by atoms with E-state index in [2.05, 4.69) is 10.3 Å². The summed E-state index contributed by atoms with van der Waals surface area (Å²) in [6.45, 7) is 2.63. The summed E-state index contributed by atoms with van der Waals surface area (Å²) in [6.07, 6.45) is 2.28. The van der Waals surface area contributed by atoms with Gasteiger partial charge in [-0.2, -0.15) is 0 Å². The van der Waals surface area contributed by atoms with Crippen molar-refractivity contribution >= 4 is 28.5 Å². The second-order valence-corrected chi connectivity index (χ2v) is 6.15. The van der Waals surface area contributed by atoms with Gasteiger partial charge in [0.2, 0.25) is 0 Å². The van der Waals surface area contributed by atoms with E-state index in [0.717, 1.165) is 6.42 Å². The number of fused-ring (bicyclic) bond motifs is 1. The Morgan fingerprint density at radius 2 is 1.86 bits per heavy atom. The molecule has 0 aliphatic rings. The highest BCUT2D eigenvalue weighted by Crippen LogP contribution is 2.28. The molecule has 2 aromatic carbocycles. The maximum absolute atomic E-state index is 12.4. The van der Waals surface area contributed by atoms with E-state index in [0.29, 0.717) is 34.3 Å². The third-order valence-electron chi connectivity index (χ3n) is 4.34. The monoisotopic (exact) mass is 378 g/mol. The molecule has 0 saturated heterocycles. The van der Waals surface area contributed by atoms with Crippen molar-refractivity contribution in [1.82, 2.24) is 4.98 Å². The molecule has 0 unspecified atom stereocenters. The molecular weight excluding hydrogens is 356 g/mol. The van der Waals surface area contributed by atoms with E-state index in [1.165, 1.54) is 18.9 Å². The number of pyridine rings is 1. The van der Waals surface area contributed by atoms with Crippen LogP contribution in [0.25, 0.3) is 10.9 Å². The van der Waals surface area contributed by atoms with Crippen molar-refractivity contribution in [2.75, 3.05) is 25.6 Å². The Balaban J connectivity index is 1.99. The van der Waals surface area contributed by atoms with Gasteiger partial charge in [0.15, 0.2) is 0 Å². The highest BCUT2D eigenvalue weighted by Gasteiger charge is 2.18. The topological polar surface area (TPSA) is 77.5 Å². The summed E-state index contributed by atoms with van der Waals surface area (Å²) in [6, 6.07) is 15.1. The zero-order valence-electron chi connectivity index (χ0n) is 15.9. The molecule has 1 N–H and O–H groups in total. The first-order valence-electron chi connectivity index (χ1n) is 9.10. The molecule has 0 saturated carbocycles. The van der Waals surface area contributed by atoms with E-state index in [1.54, 1.807) is 25.1 Å². The molecule has 1 heterocycles. The number of anilines is 1. The molecule has 0 amide bonds. The molecule has 0 bridgehead atoms. The third kappa shape index (κ3) is 4.28. The minimum atomic E-state index is -0.456. The molecule has 28 heavy (non-hydrogen) atoms. The van der Waals surface area contributed by atoms with E-state index >= 15 is 0 Å². The lowest BCUT2D eigenvalue weighted by Crippen LogP contribution is -2.13. The molecule has 6 nitrogen and oxygen atoms in total. The number of aromatic nitrogens is 1. The van der Waals surface area contributed by atoms with Crippen LogP contribution in [0, 0.1) is 0 Å². The molecule has 0 radical (unpaired) electrons. The van der Waals surface area contributed by atoms with Gasteiger partial charge < -0.3 is 14.8 Å². The summed E-state index contributed by atoms with van der Waals surface area (Å²) < 4.78 is 9.98. The predicted molar refractivity (Wildman–Crippen MR) is 108 cm³/mol. The Morgan fingerprint density at radius 1 is 1.07 bits per heavy atom. The van der Waals surface area contributed by atoms with Gasteiger partial charge in [0.1, 0.15) is 5.56 Å². The number of methoxy groups -OCH3 is 1. The lowest BCUT2D eigenvalue weighted by Gasteiger charge is -2.15. The van der Waals surface area contributed by atoms with Crippen LogP contribution in [0.5, 0.6) is 0 Å². The fourth-order valence-electron chi connectivity index (χ4n) is 2.97. The van der Waals surface area contributed by atoms with Crippen LogP contribution >= 0.6 is 0 Å². The van der Waals surface area contributed by atoms with E-state index in [-0.39, 0.29) is 6.61 Å². The zero-order valence-corrected chi connectivity index (χ0v) is 15.9. The van der Waals surface area contributed by atoms with Crippen molar-refractivity contribution in [2.24, 2.45) is 0 Å². The van der Waals surface area contributed by atoms with Gasteiger partial charge in [-0.15, -0.1) is 0 Å². The molecule has 0 spiro atoms. The van der Waals surface area contributed by atoms with Crippen LogP contribution in [-0.2, 0) is 15.9 Å². The second kappa shape index (κ2) is 8.99. The van der Waals surface area contributed by atoms with E-state index in [4.69, 9.17) is 9.47 Å². The molecule has 0 atom stereocenters. The Labute approximate surface area is 163 Å². The van der Waals surface area contributed by atoms with Gasteiger partial charge in [-0.05, 0) is 37.1 Å². The van der Waals surface area contributed by atoms with E-state index in [9.17, 15) is 9.59 Å². The number of hydrogen-bond donors (Lipinski definition) is 1. The number of esters is 2. The smallest absolute Gasteiger partial charge is 0.341 e. The van der Waals surface area contributed by atoms with Crippen molar-refractivity contribution in [2.45, 2.75) is 13.3 Å². The summed E-state index contributed by atoms with van der Waals surface area (Å²) in [4.78, 5) is 28.7. The molecule has 1 aromatic heterocycles. The van der Waals surface area contributed by atoms with Crippen molar-refractivity contribution in [1.29, 1.82) is 0 Å². The number of rotatable bonds is 7. The van der Waals surface area contributed by atoms with Gasteiger partial charge in [-0.25, -0.2) is 9.59 Å². The molecule has 0 fully saturated rings. The number of hydrogen-bond acceptors (Lipinski definition) is 6. The zero-order chi connectivity index (χ0) is 19.9. The number of carbonyl (C=O) groups is 2. The SMILES string of the molecule is CCOC(=O)c1cnc2ccc(C(=O)OC)cc2c1NCCc1ccccc1. The van der Waals surface area contributed by atoms with Gasteiger partial charge in [0.05, 0.1) is 30.5 Å². The summed E-state index contributed by atoms with van der Waals surface area (Å²) in [5.74, 6) is -0.902. The van der Waals surface area contributed by atoms with E-state index in [1.807, 2.05) is 30.3 Å². The Morgan fingerprint density at radius 3 is 2.57 bits per heavy atom. The molecule has 0 aliphatic heterocycles. The Hall–Kier alpha value is -3.41. The quantitative estimate of drug-likeness (QED) is 0.629. The van der Waals surface area contributed by atoms with Crippen molar-refractivity contribution in [3.63, 3.8) is 0 Å². The molecule has 6 heteroatoms. The second-order valence-electron chi connectivity index (χ2n) is 6.15. The van der Waals surface area contributed by atoms with Crippen LogP contribution in [0.3, 0.4) is 0 Å². The van der Waals surface area contributed by atoms with Gasteiger partial charge in [0.25, 0.3) is 0 Å². The minimum absolute atomic E-state index is 0.266. The number of nitrogens with one attached hydrogen (secondary N) is 1. The average molecular weight is 378 g/mol. The van der Waals surface area contributed by atoms with Crippen LogP contribution in [-0.4, -0.2) is 37.2 Å². The Kier molecular flexibility index (Phi) is 6.22. The maximum Gasteiger partial charge on any atom is 0.341 e. The number of ether oxygens (including phenoxy) is 2. The molecule has 3 aromatic rings. The van der Waals surface area contributed by atoms with Crippen LogP contribution in [0.15, 0.2) is 54.7 Å². The summed E-state index contributed by atoms with van der Waals surface area (Å²) in [5, 5.41) is 4.00. The van der Waals surface area contributed by atoms with Gasteiger partial charge in [-0.3, -0.25) is 4.98 Å². The minimum Gasteiger partial charge on any atom is -0.465 e. The van der Waals surface area contributed by atoms with E-state index < -0.39 is 11.9 Å². The standard InChI is InChI=1S/C22H22N2O4/c1-3-28-22(26)18-14-24-19-10-9-16(21(25)27-2)13-17(19)20(18)23-12-11-15-7-5-4-6-8-15/h4-10,13-14H,3,11-12H2,1-2H3,(H,23,24). The normalized spacial score (nSPS) is 10.5. The van der Waals surface area contributed by atoms with Crippen molar-refractivity contribution < 1.29 is 19.1 Å². The van der Waals surface area contributed by atoms with Crippen LogP contribution in [0.1, 0.15) is 33.2 Å². The summed E-state index contributed by atoms with van der Waals surface area (Å²) in [5.41, 5.74) is 3.18. The summed E-state index contributed by atoms with van der Waals surface area (Å²) >= 11 is 0. The predicted octanol–water partition coefficient (Wildman–Crippen LogP) is 3.85. The highest BCUT2D eigenvalue weighted by atomic mass is 16.5. The first-order valence-corrected chi connectivity index (χ1v) is 9.10. The largest absolute Gasteiger partial charge is 0.465 e.